The summed E-state index contributed by atoms with van der Waals surface area (Å²) in [6.45, 7) is 7.13. The molecule has 2 aliphatic rings. The van der Waals surface area contributed by atoms with Gasteiger partial charge in [0.1, 0.15) is 0 Å². The van der Waals surface area contributed by atoms with E-state index in [1.807, 2.05) is 0 Å². The molecule has 0 heterocycles. The van der Waals surface area contributed by atoms with Crippen molar-refractivity contribution in [1.82, 2.24) is 0 Å². The normalized spacial score (nSPS) is 35.7. The Kier molecular flexibility index (Phi) is 1.07. The highest BCUT2D eigenvalue weighted by Gasteiger charge is 2.42. The Balaban J connectivity index is 2.44. The molecule has 1 atom stereocenters. The van der Waals surface area contributed by atoms with Gasteiger partial charge in [0.25, 0.3) is 0 Å². The smallest absolute Gasteiger partial charge is 0.0113 e. The van der Waals surface area contributed by atoms with Crippen molar-refractivity contribution in [1.29, 1.82) is 0 Å². The van der Waals surface area contributed by atoms with E-state index in [1.165, 1.54) is 19.3 Å². The highest BCUT2D eigenvalue weighted by atomic mass is 14.5. The summed E-state index contributed by atoms with van der Waals surface area (Å²) in [5, 5.41) is 0. The molecule has 2 bridgehead atoms. The number of rotatable bonds is 0. The van der Waals surface area contributed by atoms with Crippen molar-refractivity contribution >= 4 is 0 Å². The van der Waals surface area contributed by atoms with Crippen LogP contribution in [-0.2, 0) is 0 Å². The van der Waals surface area contributed by atoms with Crippen LogP contribution in [0.15, 0.2) is 11.1 Å². The van der Waals surface area contributed by atoms with E-state index in [0.29, 0.717) is 5.41 Å². The third kappa shape index (κ3) is 0.574. The van der Waals surface area contributed by atoms with Crippen LogP contribution in [-0.4, -0.2) is 0 Å². The summed E-state index contributed by atoms with van der Waals surface area (Å²) in [6.07, 6.45) is 4.28. The van der Waals surface area contributed by atoms with Crippen molar-refractivity contribution in [3.05, 3.63) is 11.1 Å². The molecule has 0 aromatic heterocycles. The minimum absolute atomic E-state index is 0.549. The van der Waals surface area contributed by atoms with Crippen molar-refractivity contribution in [2.45, 2.75) is 40.0 Å². The maximum absolute atomic E-state index is 2.40. The number of hydrogen-bond donors (Lipinski definition) is 0. The van der Waals surface area contributed by atoms with Gasteiger partial charge >= 0.3 is 0 Å². The van der Waals surface area contributed by atoms with Crippen LogP contribution in [0.1, 0.15) is 40.0 Å². The van der Waals surface area contributed by atoms with Crippen LogP contribution < -0.4 is 0 Å². The largest absolute Gasteiger partial charge is 0.0704 e. The van der Waals surface area contributed by atoms with Gasteiger partial charge in [-0.3, -0.25) is 0 Å². The first-order valence-corrected chi connectivity index (χ1v) is 4.31. The van der Waals surface area contributed by atoms with Crippen LogP contribution in [0.5, 0.6) is 0 Å². The molecule has 0 saturated heterocycles. The summed E-state index contributed by atoms with van der Waals surface area (Å²) in [7, 11) is 0. The quantitative estimate of drug-likeness (QED) is 0.449. The van der Waals surface area contributed by atoms with Crippen LogP contribution in [0.4, 0.5) is 0 Å². The van der Waals surface area contributed by atoms with Crippen molar-refractivity contribution in [2.75, 3.05) is 0 Å². The second kappa shape index (κ2) is 1.66. The van der Waals surface area contributed by atoms with Crippen molar-refractivity contribution in [2.24, 2.45) is 11.3 Å². The van der Waals surface area contributed by atoms with E-state index >= 15 is 0 Å². The molecule has 2 rings (SSSR count). The fourth-order valence-corrected chi connectivity index (χ4v) is 2.57. The molecule has 0 aliphatic heterocycles. The number of allylic oxidation sites excluding steroid dienone is 2. The van der Waals surface area contributed by atoms with Gasteiger partial charge in [-0.05, 0) is 37.5 Å². The van der Waals surface area contributed by atoms with Crippen molar-refractivity contribution in [3.63, 3.8) is 0 Å². The minimum atomic E-state index is 0.549. The molecule has 0 spiro atoms. The molecule has 0 aromatic carbocycles. The minimum Gasteiger partial charge on any atom is -0.0704 e. The van der Waals surface area contributed by atoms with E-state index in [-0.39, 0.29) is 0 Å². The van der Waals surface area contributed by atoms with Gasteiger partial charge < -0.3 is 0 Å². The van der Waals surface area contributed by atoms with Crippen LogP contribution in [0.2, 0.25) is 0 Å². The van der Waals surface area contributed by atoms with Gasteiger partial charge in [-0.15, -0.1) is 0 Å². The first-order valence-electron chi connectivity index (χ1n) is 4.31. The van der Waals surface area contributed by atoms with E-state index in [0.717, 1.165) is 5.92 Å². The highest BCUT2D eigenvalue weighted by Crippen LogP contribution is 2.55. The van der Waals surface area contributed by atoms with Gasteiger partial charge in [-0.1, -0.05) is 25.0 Å². The van der Waals surface area contributed by atoms with Gasteiger partial charge in [0, 0.05) is 0 Å². The first kappa shape index (κ1) is 6.45. The Morgan fingerprint density at radius 3 is 2.40 bits per heavy atom. The molecule has 0 nitrogen and oxygen atoms in total. The van der Waals surface area contributed by atoms with Gasteiger partial charge in [0.2, 0.25) is 0 Å². The Bertz CT molecular complexity index is 196. The molecular formula is C10H16. The lowest BCUT2D eigenvalue weighted by Crippen LogP contribution is -2.20. The molecule has 1 unspecified atom stereocenters. The molecular weight excluding hydrogens is 120 g/mol. The lowest BCUT2D eigenvalue weighted by molar-refractivity contribution is 0.286. The monoisotopic (exact) mass is 136 g/mol. The van der Waals surface area contributed by atoms with Gasteiger partial charge in [0.15, 0.2) is 0 Å². The highest BCUT2D eigenvalue weighted by molar-refractivity contribution is 5.31. The molecule has 0 amide bonds. The summed E-state index contributed by atoms with van der Waals surface area (Å²) in [5.41, 5.74) is 4.02. The van der Waals surface area contributed by atoms with Crippen molar-refractivity contribution in [3.8, 4) is 0 Å². The summed E-state index contributed by atoms with van der Waals surface area (Å²) in [4.78, 5) is 0. The fourth-order valence-electron chi connectivity index (χ4n) is 2.57. The van der Waals surface area contributed by atoms with Crippen LogP contribution >= 0.6 is 0 Å². The Morgan fingerprint density at radius 2 is 2.10 bits per heavy atom. The molecule has 10 heavy (non-hydrogen) atoms. The van der Waals surface area contributed by atoms with Crippen LogP contribution in [0, 0.1) is 11.3 Å². The Morgan fingerprint density at radius 1 is 1.40 bits per heavy atom. The second-order valence-electron chi connectivity index (χ2n) is 4.39. The van der Waals surface area contributed by atoms with Crippen molar-refractivity contribution < 1.29 is 0 Å². The summed E-state index contributed by atoms with van der Waals surface area (Å²) < 4.78 is 0. The summed E-state index contributed by atoms with van der Waals surface area (Å²) in [5.74, 6) is 0.988. The zero-order valence-electron chi connectivity index (χ0n) is 7.20. The fraction of sp³-hybridized carbons (Fsp3) is 0.800. The van der Waals surface area contributed by atoms with E-state index < -0.39 is 0 Å². The van der Waals surface area contributed by atoms with E-state index in [9.17, 15) is 0 Å². The maximum Gasteiger partial charge on any atom is -0.0113 e. The average Bonchev–Trinajstić information content (AvgIpc) is 2.37. The lowest BCUT2D eigenvalue weighted by atomic mass is 9.75. The van der Waals surface area contributed by atoms with Gasteiger partial charge in [-0.25, -0.2) is 0 Å². The molecule has 0 N–H and O–H groups in total. The molecule has 2 aliphatic carbocycles. The Hall–Kier alpha value is -0.260. The zero-order chi connectivity index (χ0) is 7.35. The predicted molar refractivity (Wildman–Crippen MR) is 43.8 cm³/mol. The topological polar surface area (TPSA) is 0 Å². The molecule has 56 valence electrons. The van der Waals surface area contributed by atoms with Crippen LogP contribution in [0.3, 0.4) is 0 Å². The maximum atomic E-state index is 2.40. The SMILES string of the molecule is CC1=C2CCC(C2)C1(C)C. The molecule has 1 fully saturated rings. The zero-order valence-corrected chi connectivity index (χ0v) is 7.20. The van der Waals surface area contributed by atoms with E-state index in [4.69, 9.17) is 0 Å². The first-order chi connectivity index (χ1) is 4.62. The third-order valence-corrected chi connectivity index (χ3v) is 3.80. The predicted octanol–water partition coefficient (Wildman–Crippen LogP) is 3.14. The summed E-state index contributed by atoms with van der Waals surface area (Å²) in [6, 6.07) is 0. The van der Waals surface area contributed by atoms with E-state index in [2.05, 4.69) is 20.8 Å². The van der Waals surface area contributed by atoms with E-state index in [1.54, 1.807) is 11.1 Å². The van der Waals surface area contributed by atoms with Crippen LogP contribution in [0.25, 0.3) is 0 Å². The van der Waals surface area contributed by atoms with Gasteiger partial charge in [-0.2, -0.15) is 0 Å². The number of hydrogen-bond acceptors (Lipinski definition) is 0. The molecule has 0 radical (unpaired) electrons. The summed E-state index contributed by atoms with van der Waals surface area (Å²) >= 11 is 0. The molecule has 1 saturated carbocycles. The third-order valence-electron chi connectivity index (χ3n) is 3.80. The van der Waals surface area contributed by atoms with Gasteiger partial charge in [0.05, 0.1) is 0 Å². The standard InChI is InChI=1S/C10H16/c1-7-8-4-5-9(6-8)10(7,2)3/h9H,4-6H2,1-3H3. The average molecular weight is 136 g/mol. The molecule has 0 aromatic rings. The lowest BCUT2D eigenvalue weighted by Gasteiger charge is -2.30. The Labute approximate surface area is 63.3 Å². The second-order valence-corrected chi connectivity index (χ2v) is 4.39. The number of fused-ring (bicyclic) bond motifs is 2. The molecule has 0 heteroatoms.